The van der Waals surface area contributed by atoms with Crippen molar-refractivity contribution in [2.45, 2.75) is 214 Å². The molecule has 0 spiro atoms. The Balaban J connectivity index is 0.000000239. The molecule has 530 valence electrons. The maximum atomic E-state index is 10.9. The molecule has 0 aliphatic carbocycles. The SMILES string of the molecule is CCCCCCCCCCCCOc1ccc(-c2ccc(C(=O)O)cc2)cc1.CCCCCCCCCCOc1ccc(-c2ccc(C(=O)O)cc2)cc1.CCCCCCCCOc1ccc(-c2ccc(C(=O)O)cc2)cc1.CCCCCCc1ccc(-c2ccc(C(=O)O)cc2)cc1. The number of aromatic carboxylic acids is 4. The molecule has 0 bridgehead atoms. The van der Waals surface area contributed by atoms with E-state index in [4.69, 9.17) is 34.6 Å². The molecule has 11 heteroatoms. The topological polar surface area (TPSA) is 177 Å². The maximum absolute atomic E-state index is 10.9. The van der Waals surface area contributed by atoms with Gasteiger partial charge in [0.05, 0.1) is 42.1 Å². The van der Waals surface area contributed by atoms with Crippen LogP contribution in [0.2, 0.25) is 0 Å². The van der Waals surface area contributed by atoms with Crippen LogP contribution in [0.1, 0.15) is 254 Å². The van der Waals surface area contributed by atoms with Gasteiger partial charge in [0.2, 0.25) is 0 Å². The van der Waals surface area contributed by atoms with Crippen molar-refractivity contribution in [1.29, 1.82) is 0 Å². The minimum absolute atomic E-state index is 0.303. The van der Waals surface area contributed by atoms with Crippen LogP contribution in [-0.4, -0.2) is 64.1 Å². The summed E-state index contributed by atoms with van der Waals surface area (Å²) < 4.78 is 17.4. The number of rotatable bonds is 43. The summed E-state index contributed by atoms with van der Waals surface area (Å²) >= 11 is 0. The van der Waals surface area contributed by atoms with Crippen LogP contribution < -0.4 is 14.2 Å². The lowest BCUT2D eigenvalue weighted by Crippen LogP contribution is -1.97. The van der Waals surface area contributed by atoms with E-state index in [0.29, 0.717) is 22.3 Å². The highest BCUT2D eigenvalue weighted by atomic mass is 16.5. The zero-order valence-corrected chi connectivity index (χ0v) is 59.7. The van der Waals surface area contributed by atoms with Crippen molar-refractivity contribution in [3.63, 3.8) is 0 Å². The van der Waals surface area contributed by atoms with Crippen molar-refractivity contribution in [2.24, 2.45) is 0 Å². The van der Waals surface area contributed by atoms with Gasteiger partial charge in [-0.25, -0.2) is 19.2 Å². The van der Waals surface area contributed by atoms with E-state index in [0.717, 1.165) is 107 Å². The van der Waals surface area contributed by atoms with Crippen LogP contribution in [0.4, 0.5) is 0 Å². The van der Waals surface area contributed by atoms with E-state index in [1.807, 2.05) is 121 Å². The molecule has 8 aromatic carbocycles. The summed E-state index contributed by atoms with van der Waals surface area (Å²) in [5, 5.41) is 35.8. The highest BCUT2D eigenvalue weighted by Crippen LogP contribution is 2.28. The van der Waals surface area contributed by atoms with Crippen molar-refractivity contribution >= 4 is 23.9 Å². The monoisotopic (exact) mass is 1340 g/mol. The number of aryl methyl sites for hydroxylation is 1. The quantitative estimate of drug-likeness (QED) is 0.0268. The summed E-state index contributed by atoms with van der Waals surface area (Å²) in [5.41, 5.74) is 11.0. The molecule has 0 unspecified atom stereocenters. The van der Waals surface area contributed by atoms with Gasteiger partial charge >= 0.3 is 23.9 Å². The predicted octanol–water partition coefficient (Wildman–Crippen LogP) is 24.9. The molecule has 11 nitrogen and oxygen atoms in total. The van der Waals surface area contributed by atoms with Crippen LogP contribution in [0.3, 0.4) is 0 Å². The third kappa shape index (κ3) is 33.4. The molecular weight excluding hydrogens is 1230 g/mol. The molecule has 0 saturated heterocycles. The summed E-state index contributed by atoms with van der Waals surface area (Å²) in [5.74, 6) is -0.928. The van der Waals surface area contributed by atoms with Crippen molar-refractivity contribution in [2.75, 3.05) is 19.8 Å². The van der Waals surface area contributed by atoms with Crippen molar-refractivity contribution in [3.8, 4) is 61.8 Å². The summed E-state index contributed by atoms with van der Waals surface area (Å²) in [6.45, 7) is 11.3. The second-order valence-corrected chi connectivity index (χ2v) is 25.6. The number of carbonyl (C=O) groups is 4. The number of unbranched alkanes of at least 4 members (excludes halogenated alkanes) is 24. The van der Waals surface area contributed by atoms with Gasteiger partial charge in [0, 0.05) is 0 Å². The van der Waals surface area contributed by atoms with Crippen LogP contribution in [0.15, 0.2) is 194 Å². The Morgan fingerprint density at radius 1 is 0.222 bits per heavy atom. The number of hydrogen-bond acceptors (Lipinski definition) is 7. The van der Waals surface area contributed by atoms with Gasteiger partial charge in [-0.15, -0.1) is 0 Å². The van der Waals surface area contributed by atoms with Gasteiger partial charge in [0.15, 0.2) is 0 Å². The van der Waals surface area contributed by atoms with E-state index in [1.54, 1.807) is 48.5 Å². The van der Waals surface area contributed by atoms with E-state index < -0.39 is 23.9 Å². The number of carboxylic acid groups (broad SMARTS) is 4. The molecule has 4 N–H and O–H groups in total. The fourth-order valence-electron chi connectivity index (χ4n) is 11.3. The van der Waals surface area contributed by atoms with Crippen LogP contribution in [0.5, 0.6) is 17.2 Å². The number of carboxylic acids is 4. The van der Waals surface area contributed by atoms with Crippen molar-refractivity contribution in [3.05, 3.63) is 222 Å². The third-order valence-electron chi connectivity index (χ3n) is 17.5. The minimum atomic E-state index is -0.903. The summed E-state index contributed by atoms with van der Waals surface area (Å²) in [7, 11) is 0. The lowest BCUT2D eigenvalue weighted by molar-refractivity contribution is 0.0686. The van der Waals surface area contributed by atoms with Crippen LogP contribution in [0, 0.1) is 0 Å². The van der Waals surface area contributed by atoms with Gasteiger partial charge in [-0.05, 0) is 167 Å². The van der Waals surface area contributed by atoms with Gasteiger partial charge in [0.25, 0.3) is 0 Å². The number of benzene rings is 8. The number of hydrogen-bond donors (Lipinski definition) is 4. The highest BCUT2D eigenvalue weighted by molar-refractivity contribution is 5.90. The fourth-order valence-corrected chi connectivity index (χ4v) is 11.3. The average Bonchev–Trinajstić information content (AvgIpc) is 0.927. The second-order valence-electron chi connectivity index (χ2n) is 25.6. The van der Waals surface area contributed by atoms with Gasteiger partial charge in [0.1, 0.15) is 17.2 Å². The molecule has 8 aromatic rings. The molecule has 0 amide bonds. The first kappa shape index (κ1) is 80.7. The minimum Gasteiger partial charge on any atom is -0.494 e. The van der Waals surface area contributed by atoms with Crippen LogP contribution in [0.25, 0.3) is 44.5 Å². The van der Waals surface area contributed by atoms with E-state index >= 15 is 0 Å². The maximum Gasteiger partial charge on any atom is 0.335 e. The molecule has 0 heterocycles. The Morgan fingerprint density at radius 2 is 0.394 bits per heavy atom. The molecule has 0 saturated carbocycles. The first-order chi connectivity index (χ1) is 48.3. The Hall–Kier alpha value is -8.96. The Kier molecular flexibility index (Phi) is 40.4. The number of ether oxygens (including phenoxy) is 3. The smallest absolute Gasteiger partial charge is 0.335 e. The van der Waals surface area contributed by atoms with Crippen LogP contribution in [-0.2, 0) is 6.42 Å². The third-order valence-corrected chi connectivity index (χ3v) is 17.5. The van der Waals surface area contributed by atoms with Crippen molar-refractivity contribution in [1.82, 2.24) is 0 Å². The van der Waals surface area contributed by atoms with Gasteiger partial charge in [-0.1, -0.05) is 291 Å². The molecular formula is C88H112O11. The lowest BCUT2D eigenvalue weighted by Gasteiger charge is -2.08. The van der Waals surface area contributed by atoms with Gasteiger partial charge in [-0.2, -0.15) is 0 Å². The highest BCUT2D eigenvalue weighted by Gasteiger charge is 2.09. The zero-order valence-electron chi connectivity index (χ0n) is 59.7. The molecule has 0 radical (unpaired) electrons. The average molecular weight is 1350 g/mol. The second kappa shape index (κ2) is 49.5. The largest absolute Gasteiger partial charge is 0.494 e. The molecule has 0 aliphatic heterocycles. The van der Waals surface area contributed by atoms with E-state index in [2.05, 4.69) is 52.0 Å². The molecule has 8 rings (SSSR count). The zero-order chi connectivity index (χ0) is 70.9. The normalized spacial score (nSPS) is 10.6. The van der Waals surface area contributed by atoms with Crippen LogP contribution >= 0.6 is 0 Å². The fraction of sp³-hybridized carbons (Fsp3) is 0.409. The Labute approximate surface area is 592 Å². The van der Waals surface area contributed by atoms with Gasteiger partial charge in [-0.3, -0.25) is 0 Å². The summed E-state index contributed by atoms with van der Waals surface area (Å²) in [6, 6.07) is 60.3. The summed E-state index contributed by atoms with van der Waals surface area (Å²) in [6.07, 6.45) is 37.5. The predicted molar refractivity (Wildman–Crippen MR) is 408 cm³/mol. The molecule has 99 heavy (non-hydrogen) atoms. The lowest BCUT2D eigenvalue weighted by atomic mass is 10.0. The van der Waals surface area contributed by atoms with E-state index in [1.165, 1.54) is 166 Å². The van der Waals surface area contributed by atoms with E-state index in [9.17, 15) is 19.2 Å². The first-order valence-corrected chi connectivity index (χ1v) is 36.9. The molecule has 0 aromatic heterocycles. The summed E-state index contributed by atoms with van der Waals surface area (Å²) in [4.78, 5) is 43.5. The van der Waals surface area contributed by atoms with Crippen molar-refractivity contribution < 1.29 is 53.8 Å². The standard InChI is InChI=1S/C25H34O3.C23H30O3.C21H26O3.C19H22O2/c1-2-3-4-5-6-7-8-9-10-11-20-28-24-18-16-22(17-19-24)21-12-14-23(15-13-21)25(26)27;1-2-3-4-5-6-7-8-9-18-26-22-16-14-20(15-17-22)19-10-12-21(13-11-19)23(24)25;1-2-3-4-5-6-7-16-24-20-14-12-18(13-15-20)17-8-10-19(11-9-17)21(22)23;1-2-3-4-5-6-15-7-9-16(10-8-15)17-11-13-18(14-12-17)19(20)21/h12-19H,2-11,20H2,1H3,(H,26,27);10-17H,2-9,18H2,1H3,(H,24,25);8-15H,2-7,16H2,1H3,(H,22,23);7-14H,2-6H2,1H3,(H,20,21). The molecule has 0 fully saturated rings. The van der Waals surface area contributed by atoms with E-state index in [-0.39, 0.29) is 0 Å². The Morgan fingerprint density at radius 3 is 0.596 bits per heavy atom. The van der Waals surface area contributed by atoms with Gasteiger partial charge < -0.3 is 34.6 Å². The molecule has 0 aliphatic rings. The first-order valence-electron chi connectivity index (χ1n) is 36.9. The Bertz CT molecular complexity index is 3430. The molecule has 0 atom stereocenters.